The van der Waals surface area contributed by atoms with Gasteiger partial charge in [-0.2, -0.15) is 0 Å². The molecule has 0 spiro atoms. The van der Waals surface area contributed by atoms with Crippen LogP contribution in [0.4, 0.5) is 0 Å². The van der Waals surface area contributed by atoms with E-state index < -0.39 is 6.10 Å². The van der Waals surface area contributed by atoms with Gasteiger partial charge < -0.3 is 41.5 Å². The maximum absolute atomic E-state index is 10.1. The summed E-state index contributed by atoms with van der Waals surface area (Å²) >= 11 is 0. The van der Waals surface area contributed by atoms with E-state index in [1.54, 1.807) is 6.92 Å². The van der Waals surface area contributed by atoms with Crippen molar-refractivity contribution in [2.45, 2.75) is 143 Å². The number of hydrogen-bond acceptors (Lipinski definition) is 8. The van der Waals surface area contributed by atoms with Gasteiger partial charge in [0.05, 0.1) is 19.3 Å². The number of hydrogen-bond donors (Lipinski definition) is 7. The molecule has 0 aliphatic rings. The van der Waals surface area contributed by atoms with E-state index in [0.717, 1.165) is 25.4 Å². The molecule has 0 aromatic carbocycles. The van der Waals surface area contributed by atoms with Crippen molar-refractivity contribution in [2.24, 2.45) is 17.8 Å². The molecule has 0 aromatic heterocycles. The first kappa shape index (κ1) is 41.7. The van der Waals surface area contributed by atoms with Crippen molar-refractivity contribution >= 4 is 0 Å². The van der Waals surface area contributed by atoms with Crippen molar-refractivity contribution < 1.29 is 15.3 Å². The molecular weight excluding hydrogens is 526 g/mol. The fraction of sp³-hybridized carbons (Fsp3) is 1.00. The smallest absolute Gasteiger partial charge is 0.0677 e. The Morgan fingerprint density at radius 1 is 0.738 bits per heavy atom. The lowest BCUT2D eigenvalue weighted by atomic mass is 9.94. The number of nitrogens with zero attached hydrogens (tertiary/aromatic N) is 1. The molecule has 0 unspecified atom stereocenters. The normalized spacial score (nSPS) is 17.4. The molecule has 0 amide bonds. The van der Waals surface area contributed by atoms with E-state index >= 15 is 0 Å². The quantitative estimate of drug-likeness (QED) is 0.0619. The second kappa shape index (κ2) is 27.0. The highest BCUT2D eigenvalue weighted by atomic mass is 16.3. The average molecular weight is 602 g/mol. The lowest BCUT2D eigenvalue weighted by Crippen LogP contribution is -2.55. The highest BCUT2D eigenvalue weighted by Gasteiger charge is 2.24. The van der Waals surface area contributed by atoms with Gasteiger partial charge in [0.25, 0.3) is 0 Å². The summed E-state index contributed by atoms with van der Waals surface area (Å²) in [6.45, 7) is 20.3. The number of aliphatic hydroxyl groups is 3. The van der Waals surface area contributed by atoms with Crippen molar-refractivity contribution in [2.75, 3.05) is 59.5 Å². The van der Waals surface area contributed by atoms with Crippen molar-refractivity contribution in [3.05, 3.63) is 0 Å². The molecular formula is C34H75N5O3. The molecule has 0 bridgehead atoms. The van der Waals surface area contributed by atoms with Gasteiger partial charge in [-0.3, -0.25) is 0 Å². The van der Waals surface area contributed by atoms with E-state index in [0.29, 0.717) is 43.6 Å². The summed E-state index contributed by atoms with van der Waals surface area (Å²) in [6, 6.07) is 0.578. The predicted octanol–water partition coefficient (Wildman–Crippen LogP) is 3.99. The minimum Gasteiger partial charge on any atom is -0.395 e. The topological polar surface area (TPSA) is 112 Å². The summed E-state index contributed by atoms with van der Waals surface area (Å²) in [5, 5.41) is 43.3. The SMILES string of the molecule is CCCCCCCC[C@@H](CC)CN(C)[C@H](CN[C@H](CN[C@H](CO)CN[C@@H](CNCCO)[C@H](C)O)[C@H](C)CC)CC(C)C. The zero-order valence-corrected chi connectivity index (χ0v) is 29.1. The summed E-state index contributed by atoms with van der Waals surface area (Å²) in [6.07, 6.45) is 12.6. The molecule has 42 heavy (non-hydrogen) atoms. The molecule has 0 aliphatic heterocycles. The Morgan fingerprint density at radius 3 is 1.98 bits per heavy atom. The first-order valence-electron chi connectivity index (χ1n) is 17.6. The maximum atomic E-state index is 10.1. The first-order valence-corrected chi connectivity index (χ1v) is 17.6. The van der Waals surface area contributed by atoms with Crippen LogP contribution in [0.15, 0.2) is 0 Å². The van der Waals surface area contributed by atoms with E-state index in [2.05, 4.69) is 74.8 Å². The van der Waals surface area contributed by atoms with Crippen LogP contribution >= 0.6 is 0 Å². The number of rotatable bonds is 30. The molecule has 0 saturated carbocycles. The third-order valence-electron chi connectivity index (χ3n) is 9.11. The molecule has 0 radical (unpaired) electrons. The zero-order valence-electron chi connectivity index (χ0n) is 29.1. The van der Waals surface area contributed by atoms with Crippen LogP contribution in [0.5, 0.6) is 0 Å². The van der Waals surface area contributed by atoms with Crippen LogP contribution in [0.3, 0.4) is 0 Å². The molecule has 0 heterocycles. The Morgan fingerprint density at radius 2 is 1.40 bits per heavy atom. The number of likely N-dealkylation sites (N-methyl/N-ethyl adjacent to an activating group) is 1. The molecule has 8 nitrogen and oxygen atoms in total. The first-order chi connectivity index (χ1) is 20.1. The van der Waals surface area contributed by atoms with Gasteiger partial charge >= 0.3 is 0 Å². The van der Waals surface area contributed by atoms with Gasteiger partial charge in [0, 0.05) is 63.4 Å². The molecule has 0 fully saturated rings. The summed E-state index contributed by atoms with van der Waals surface area (Å²) in [7, 11) is 2.33. The van der Waals surface area contributed by atoms with Gasteiger partial charge in [-0.25, -0.2) is 0 Å². The van der Waals surface area contributed by atoms with Crippen LogP contribution < -0.4 is 21.3 Å². The molecule has 0 aliphatic carbocycles. The molecule has 8 heteroatoms. The lowest BCUT2D eigenvalue weighted by Gasteiger charge is -2.35. The number of aliphatic hydroxyl groups excluding tert-OH is 3. The second-order valence-corrected chi connectivity index (χ2v) is 13.4. The fourth-order valence-corrected chi connectivity index (χ4v) is 5.74. The van der Waals surface area contributed by atoms with Gasteiger partial charge in [-0.05, 0) is 44.6 Å². The number of nitrogens with one attached hydrogen (secondary N) is 4. The molecule has 0 rings (SSSR count). The van der Waals surface area contributed by atoms with Gasteiger partial charge in [0.15, 0.2) is 0 Å². The van der Waals surface area contributed by atoms with Crippen LogP contribution in [-0.4, -0.2) is 110 Å². The van der Waals surface area contributed by atoms with Gasteiger partial charge in [0.1, 0.15) is 0 Å². The van der Waals surface area contributed by atoms with Gasteiger partial charge in [0.2, 0.25) is 0 Å². The van der Waals surface area contributed by atoms with Crippen molar-refractivity contribution in [3.8, 4) is 0 Å². The predicted molar refractivity (Wildman–Crippen MR) is 181 cm³/mol. The Kier molecular flexibility index (Phi) is 26.8. The second-order valence-electron chi connectivity index (χ2n) is 13.4. The largest absolute Gasteiger partial charge is 0.395 e. The minimum atomic E-state index is -0.530. The highest BCUT2D eigenvalue weighted by molar-refractivity contribution is 4.84. The van der Waals surface area contributed by atoms with E-state index in [1.165, 1.54) is 64.3 Å². The van der Waals surface area contributed by atoms with Crippen molar-refractivity contribution in [1.29, 1.82) is 0 Å². The van der Waals surface area contributed by atoms with Gasteiger partial charge in [-0.15, -0.1) is 0 Å². The van der Waals surface area contributed by atoms with Crippen LogP contribution in [0.1, 0.15) is 113 Å². The molecule has 0 saturated heterocycles. The van der Waals surface area contributed by atoms with E-state index in [-0.39, 0.29) is 25.3 Å². The minimum absolute atomic E-state index is 0.0343. The summed E-state index contributed by atoms with van der Waals surface area (Å²) in [5.41, 5.74) is 0. The molecule has 7 atom stereocenters. The fourth-order valence-electron chi connectivity index (χ4n) is 5.74. The zero-order chi connectivity index (χ0) is 31.8. The Bertz CT molecular complexity index is 583. The Balaban J connectivity index is 5.02. The molecule has 254 valence electrons. The Labute approximate surface area is 261 Å². The van der Waals surface area contributed by atoms with Crippen LogP contribution in [0.2, 0.25) is 0 Å². The summed E-state index contributed by atoms with van der Waals surface area (Å²) in [4.78, 5) is 2.63. The lowest BCUT2D eigenvalue weighted by molar-refractivity contribution is 0.135. The molecule has 0 aromatic rings. The van der Waals surface area contributed by atoms with E-state index in [1.807, 2.05) is 0 Å². The number of unbranched alkanes of at least 4 members (excludes halogenated alkanes) is 5. The summed E-state index contributed by atoms with van der Waals surface area (Å²) < 4.78 is 0. The molecule has 7 N–H and O–H groups in total. The highest BCUT2D eigenvalue weighted by Crippen LogP contribution is 2.19. The summed E-state index contributed by atoms with van der Waals surface area (Å²) in [5.74, 6) is 1.93. The van der Waals surface area contributed by atoms with Gasteiger partial charge in [-0.1, -0.05) is 92.9 Å². The maximum Gasteiger partial charge on any atom is 0.0677 e. The van der Waals surface area contributed by atoms with E-state index in [9.17, 15) is 10.2 Å². The Hall–Kier alpha value is -0.320. The van der Waals surface area contributed by atoms with Crippen molar-refractivity contribution in [3.63, 3.8) is 0 Å². The van der Waals surface area contributed by atoms with Crippen LogP contribution in [0, 0.1) is 17.8 Å². The monoisotopic (exact) mass is 602 g/mol. The van der Waals surface area contributed by atoms with Crippen LogP contribution in [-0.2, 0) is 0 Å². The standard InChI is InChI=1S/C34H75N5O3/c1-9-12-13-14-15-16-17-30(11-3)25-39(8)32(20-27(4)5)22-38-33(28(6)10-2)24-36-31(26-41)21-37-34(29(7)42)23-35-18-19-40/h27-38,40-42H,9-26H2,1-8H3/t28-,29+,30-,31+,32+,33-,34+/m1/s1. The average Bonchev–Trinajstić information content (AvgIpc) is 2.96. The van der Waals surface area contributed by atoms with Crippen molar-refractivity contribution in [1.82, 2.24) is 26.2 Å². The van der Waals surface area contributed by atoms with Crippen LogP contribution in [0.25, 0.3) is 0 Å². The third-order valence-corrected chi connectivity index (χ3v) is 9.11. The third kappa shape index (κ3) is 20.6. The van der Waals surface area contributed by atoms with E-state index in [4.69, 9.17) is 5.11 Å².